The Morgan fingerprint density at radius 3 is 2.65 bits per heavy atom. The molecule has 0 spiro atoms. The second-order valence-corrected chi connectivity index (χ2v) is 4.60. The molecule has 20 heavy (non-hydrogen) atoms. The van der Waals surface area contributed by atoms with E-state index in [2.05, 4.69) is 20.6 Å². The molecule has 0 saturated heterocycles. The lowest BCUT2D eigenvalue weighted by molar-refractivity contribution is 0.0955. The molecule has 0 saturated carbocycles. The average Bonchev–Trinajstić information content (AvgIpc) is 2.44. The average molecular weight is 291 g/mol. The van der Waals surface area contributed by atoms with Gasteiger partial charge in [0.2, 0.25) is 5.28 Å². The maximum atomic E-state index is 11.8. The van der Waals surface area contributed by atoms with Crippen molar-refractivity contribution in [1.82, 2.24) is 15.3 Å². The molecule has 2 rings (SSSR count). The molecular weight excluding hydrogens is 276 g/mol. The van der Waals surface area contributed by atoms with Crippen molar-refractivity contribution >= 4 is 23.3 Å². The highest BCUT2D eigenvalue weighted by Gasteiger charge is 2.03. The minimum absolute atomic E-state index is 0.0903. The van der Waals surface area contributed by atoms with E-state index in [0.29, 0.717) is 24.5 Å². The maximum Gasteiger partial charge on any atom is 0.251 e. The van der Waals surface area contributed by atoms with Crippen molar-refractivity contribution < 1.29 is 4.79 Å². The number of aryl methyl sites for hydroxylation is 1. The van der Waals surface area contributed by atoms with Crippen LogP contribution in [0.4, 0.5) is 5.82 Å². The first kappa shape index (κ1) is 14.3. The molecule has 0 fully saturated rings. The van der Waals surface area contributed by atoms with Crippen LogP contribution in [0.2, 0.25) is 5.28 Å². The third-order valence-corrected chi connectivity index (χ3v) is 2.84. The molecule has 0 aliphatic carbocycles. The number of carbonyl (C=O) groups excluding carboxylic acids is 1. The predicted octanol–water partition coefficient (Wildman–Crippen LogP) is 2.28. The fourth-order valence-electron chi connectivity index (χ4n) is 1.61. The third kappa shape index (κ3) is 4.20. The van der Waals surface area contributed by atoms with Crippen LogP contribution in [0.5, 0.6) is 0 Å². The summed E-state index contributed by atoms with van der Waals surface area (Å²) in [5.74, 6) is 0.544. The molecular formula is C14H15ClN4O. The number of carbonyl (C=O) groups is 1. The zero-order valence-electron chi connectivity index (χ0n) is 11.1. The molecule has 2 aromatic rings. The van der Waals surface area contributed by atoms with Gasteiger partial charge < -0.3 is 10.6 Å². The maximum absolute atomic E-state index is 11.8. The SMILES string of the molecule is Cc1ccc(C(=O)NCCNc2ccnc(Cl)n2)cc1. The summed E-state index contributed by atoms with van der Waals surface area (Å²) in [7, 11) is 0. The van der Waals surface area contributed by atoms with Crippen LogP contribution in [-0.4, -0.2) is 29.0 Å². The number of hydrogen-bond acceptors (Lipinski definition) is 4. The highest BCUT2D eigenvalue weighted by molar-refractivity contribution is 6.28. The largest absolute Gasteiger partial charge is 0.368 e. The molecule has 0 bridgehead atoms. The predicted molar refractivity (Wildman–Crippen MR) is 79.0 cm³/mol. The molecule has 6 heteroatoms. The van der Waals surface area contributed by atoms with Gasteiger partial charge in [-0.3, -0.25) is 4.79 Å². The molecule has 1 aromatic heterocycles. The van der Waals surface area contributed by atoms with Crippen molar-refractivity contribution in [3.05, 3.63) is 52.9 Å². The number of benzene rings is 1. The van der Waals surface area contributed by atoms with Gasteiger partial charge in [-0.2, -0.15) is 0 Å². The van der Waals surface area contributed by atoms with Gasteiger partial charge in [0.15, 0.2) is 0 Å². The van der Waals surface area contributed by atoms with Crippen LogP contribution in [0.15, 0.2) is 36.5 Å². The van der Waals surface area contributed by atoms with Crippen molar-refractivity contribution in [2.24, 2.45) is 0 Å². The number of anilines is 1. The van der Waals surface area contributed by atoms with Crippen molar-refractivity contribution in [1.29, 1.82) is 0 Å². The van der Waals surface area contributed by atoms with E-state index in [4.69, 9.17) is 11.6 Å². The van der Waals surface area contributed by atoms with E-state index >= 15 is 0 Å². The Morgan fingerprint density at radius 2 is 1.95 bits per heavy atom. The van der Waals surface area contributed by atoms with Crippen molar-refractivity contribution in [2.45, 2.75) is 6.92 Å². The Morgan fingerprint density at radius 1 is 1.20 bits per heavy atom. The molecule has 1 amide bonds. The number of aromatic nitrogens is 2. The van der Waals surface area contributed by atoms with Crippen LogP contribution in [0.25, 0.3) is 0 Å². The third-order valence-electron chi connectivity index (χ3n) is 2.66. The fraction of sp³-hybridized carbons (Fsp3) is 0.214. The van der Waals surface area contributed by atoms with Crippen molar-refractivity contribution in [3.8, 4) is 0 Å². The standard InChI is InChI=1S/C14H15ClN4O/c1-10-2-4-11(5-3-10)13(20)17-9-8-16-12-6-7-18-14(15)19-12/h2-7H,8-9H2,1H3,(H,17,20)(H,16,18,19). The van der Waals surface area contributed by atoms with Crippen LogP contribution < -0.4 is 10.6 Å². The first-order valence-corrected chi connectivity index (χ1v) is 6.60. The molecule has 0 aliphatic rings. The molecule has 1 aromatic carbocycles. The highest BCUT2D eigenvalue weighted by atomic mass is 35.5. The second-order valence-electron chi connectivity index (χ2n) is 4.26. The Balaban J connectivity index is 1.76. The Hall–Kier alpha value is -2.14. The molecule has 0 radical (unpaired) electrons. The molecule has 1 heterocycles. The van der Waals surface area contributed by atoms with E-state index < -0.39 is 0 Å². The Labute approximate surface area is 122 Å². The zero-order chi connectivity index (χ0) is 14.4. The van der Waals surface area contributed by atoms with Crippen LogP contribution in [-0.2, 0) is 0 Å². The van der Waals surface area contributed by atoms with E-state index in [0.717, 1.165) is 5.56 Å². The number of hydrogen-bond donors (Lipinski definition) is 2. The van der Waals surface area contributed by atoms with Crippen LogP contribution in [0, 0.1) is 6.92 Å². The van der Waals surface area contributed by atoms with Gasteiger partial charge in [-0.1, -0.05) is 17.7 Å². The molecule has 0 aliphatic heterocycles. The minimum atomic E-state index is -0.0903. The van der Waals surface area contributed by atoms with Crippen LogP contribution in [0.1, 0.15) is 15.9 Å². The summed E-state index contributed by atoms with van der Waals surface area (Å²) in [6.07, 6.45) is 1.57. The Kier molecular flexibility index (Phi) is 4.90. The summed E-state index contributed by atoms with van der Waals surface area (Å²) in [5, 5.41) is 6.07. The van der Waals surface area contributed by atoms with Crippen LogP contribution in [0.3, 0.4) is 0 Å². The number of nitrogens with one attached hydrogen (secondary N) is 2. The van der Waals surface area contributed by atoms with Crippen molar-refractivity contribution in [2.75, 3.05) is 18.4 Å². The van der Waals surface area contributed by atoms with Gasteiger partial charge in [0, 0.05) is 24.8 Å². The summed E-state index contributed by atoms with van der Waals surface area (Å²) in [4.78, 5) is 19.6. The van der Waals surface area contributed by atoms with Gasteiger partial charge in [0.1, 0.15) is 5.82 Å². The summed E-state index contributed by atoms with van der Waals surface area (Å²) >= 11 is 5.67. The molecule has 104 valence electrons. The van der Waals surface area contributed by atoms with Gasteiger partial charge in [0.25, 0.3) is 5.91 Å². The van der Waals surface area contributed by atoms with E-state index in [1.54, 1.807) is 12.3 Å². The van der Waals surface area contributed by atoms with Gasteiger partial charge in [0.05, 0.1) is 0 Å². The first-order valence-electron chi connectivity index (χ1n) is 6.22. The number of halogens is 1. The quantitative estimate of drug-likeness (QED) is 0.655. The van der Waals surface area contributed by atoms with Gasteiger partial charge in [-0.25, -0.2) is 9.97 Å². The number of amides is 1. The van der Waals surface area contributed by atoms with E-state index in [-0.39, 0.29) is 11.2 Å². The lowest BCUT2D eigenvalue weighted by Gasteiger charge is -2.07. The first-order chi connectivity index (χ1) is 9.65. The molecule has 2 N–H and O–H groups in total. The topological polar surface area (TPSA) is 66.9 Å². The van der Waals surface area contributed by atoms with Gasteiger partial charge >= 0.3 is 0 Å². The second kappa shape index (κ2) is 6.86. The van der Waals surface area contributed by atoms with Crippen molar-refractivity contribution in [3.63, 3.8) is 0 Å². The monoisotopic (exact) mass is 290 g/mol. The number of nitrogens with zero attached hydrogens (tertiary/aromatic N) is 2. The molecule has 0 atom stereocenters. The normalized spacial score (nSPS) is 10.1. The Bertz CT molecular complexity index is 586. The van der Waals surface area contributed by atoms with Gasteiger partial charge in [-0.05, 0) is 36.7 Å². The van der Waals surface area contributed by atoms with E-state index in [9.17, 15) is 4.79 Å². The zero-order valence-corrected chi connectivity index (χ0v) is 11.8. The van der Waals surface area contributed by atoms with Gasteiger partial charge in [-0.15, -0.1) is 0 Å². The lowest BCUT2D eigenvalue weighted by atomic mass is 10.1. The smallest absolute Gasteiger partial charge is 0.251 e. The lowest BCUT2D eigenvalue weighted by Crippen LogP contribution is -2.28. The summed E-state index contributed by atoms with van der Waals surface area (Å²) < 4.78 is 0. The van der Waals surface area contributed by atoms with Crippen LogP contribution >= 0.6 is 11.6 Å². The molecule has 5 nitrogen and oxygen atoms in total. The summed E-state index contributed by atoms with van der Waals surface area (Å²) in [6, 6.07) is 9.16. The minimum Gasteiger partial charge on any atom is -0.368 e. The fourth-order valence-corrected chi connectivity index (χ4v) is 1.75. The number of rotatable bonds is 5. The van der Waals surface area contributed by atoms with E-state index in [1.165, 1.54) is 0 Å². The highest BCUT2D eigenvalue weighted by Crippen LogP contribution is 2.05. The summed E-state index contributed by atoms with van der Waals surface area (Å²) in [5.41, 5.74) is 1.78. The molecule has 0 unspecified atom stereocenters. The summed E-state index contributed by atoms with van der Waals surface area (Å²) in [6.45, 7) is 3.04. The van der Waals surface area contributed by atoms with E-state index in [1.807, 2.05) is 31.2 Å².